The van der Waals surface area contributed by atoms with Crippen LogP contribution in [0.1, 0.15) is 43.5 Å². The number of nitrogens with zero attached hydrogens (tertiary/aromatic N) is 3. The number of likely N-dealkylation sites (tertiary alicyclic amines) is 1. The zero-order valence-corrected chi connectivity index (χ0v) is 16.3. The van der Waals surface area contributed by atoms with E-state index >= 15 is 0 Å². The summed E-state index contributed by atoms with van der Waals surface area (Å²) in [5, 5.41) is 0.758. The number of imidazole rings is 1. The van der Waals surface area contributed by atoms with E-state index in [1.807, 2.05) is 47.4 Å². The van der Waals surface area contributed by atoms with E-state index in [1.54, 1.807) is 0 Å². The molecule has 1 atom stereocenters. The van der Waals surface area contributed by atoms with Gasteiger partial charge in [-0.2, -0.15) is 0 Å². The molecule has 0 saturated carbocycles. The Balaban J connectivity index is 1.71. The Morgan fingerprint density at radius 3 is 2.74 bits per heavy atom. The second kappa shape index (κ2) is 7.73. The standard InChI is InChI=1S/C22H24ClN3O/c1-2-3-12-25-14-17(13-21(25)27)22-24-19-10-6-7-11-20(19)26(22)15-16-8-4-5-9-18(16)23/h4-11,17H,2-3,12-15H2,1H3/t17-/m0/s1. The van der Waals surface area contributed by atoms with Crippen LogP contribution in [-0.2, 0) is 11.3 Å². The highest BCUT2D eigenvalue weighted by Crippen LogP contribution is 2.31. The molecular formula is C22H24ClN3O. The van der Waals surface area contributed by atoms with Crippen LogP contribution in [0.15, 0.2) is 48.5 Å². The molecule has 5 heteroatoms. The minimum atomic E-state index is 0.129. The molecule has 0 bridgehead atoms. The van der Waals surface area contributed by atoms with Crippen molar-refractivity contribution >= 4 is 28.5 Å². The van der Waals surface area contributed by atoms with Gasteiger partial charge in [-0.05, 0) is 30.2 Å². The maximum Gasteiger partial charge on any atom is 0.223 e. The van der Waals surface area contributed by atoms with Gasteiger partial charge in [-0.1, -0.05) is 55.3 Å². The fraction of sp³-hybridized carbons (Fsp3) is 0.364. The monoisotopic (exact) mass is 381 g/mol. The number of aromatic nitrogens is 2. The molecule has 4 rings (SSSR count). The molecule has 0 radical (unpaired) electrons. The van der Waals surface area contributed by atoms with E-state index in [-0.39, 0.29) is 11.8 Å². The summed E-state index contributed by atoms with van der Waals surface area (Å²) in [6.07, 6.45) is 2.68. The van der Waals surface area contributed by atoms with Gasteiger partial charge in [0.2, 0.25) is 5.91 Å². The second-order valence-corrected chi connectivity index (χ2v) is 7.64. The van der Waals surface area contributed by atoms with Gasteiger partial charge in [0, 0.05) is 30.5 Å². The van der Waals surface area contributed by atoms with E-state index in [1.165, 1.54) is 0 Å². The molecule has 2 aromatic carbocycles. The lowest BCUT2D eigenvalue weighted by Gasteiger charge is -2.17. The molecule has 1 fully saturated rings. The fourth-order valence-electron chi connectivity index (χ4n) is 3.88. The SMILES string of the molecule is CCCCN1C[C@@H](c2nc3ccccc3n2Cc2ccccc2Cl)CC1=O. The number of hydrogen-bond acceptors (Lipinski definition) is 2. The highest BCUT2D eigenvalue weighted by Gasteiger charge is 2.33. The Hall–Kier alpha value is -2.33. The number of carbonyl (C=O) groups is 1. The van der Waals surface area contributed by atoms with E-state index < -0.39 is 0 Å². The fourth-order valence-corrected chi connectivity index (χ4v) is 4.07. The van der Waals surface area contributed by atoms with Crippen LogP contribution < -0.4 is 0 Å². The Bertz CT molecular complexity index is 965. The topological polar surface area (TPSA) is 38.1 Å². The summed E-state index contributed by atoms with van der Waals surface area (Å²) in [5.41, 5.74) is 3.13. The Kier molecular flexibility index (Phi) is 5.17. The zero-order valence-electron chi connectivity index (χ0n) is 15.6. The summed E-state index contributed by atoms with van der Waals surface area (Å²) in [6, 6.07) is 16.1. The summed E-state index contributed by atoms with van der Waals surface area (Å²) in [4.78, 5) is 19.4. The van der Waals surface area contributed by atoms with Crippen LogP contribution in [0.3, 0.4) is 0 Å². The smallest absolute Gasteiger partial charge is 0.223 e. The van der Waals surface area contributed by atoms with Crippen LogP contribution in [0.4, 0.5) is 0 Å². The van der Waals surface area contributed by atoms with Crippen LogP contribution >= 0.6 is 11.6 Å². The largest absolute Gasteiger partial charge is 0.342 e. The van der Waals surface area contributed by atoms with E-state index in [0.29, 0.717) is 13.0 Å². The second-order valence-electron chi connectivity index (χ2n) is 7.23. The maximum atomic E-state index is 12.5. The third-order valence-corrected chi connectivity index (χ3v) is 5.70. The van der Waals surface area contributed by atoms with Crippen molar-refractivity contribution in [1.82, 2.24) is 14.5 Å². The van der Waals surface area contributed by atoms with Gasteiger partial charge < -0.3 is 9.47 Å². The van der Waals surface area contributed by atoms with Crippen molar-refractivity contribution in [3.8, 4) is 0 Å². The number of hydrogen-bond donors (Lipinski definition) is 0. The minimum absolute atomic E-state index is 0.129. The molecular weight excluding hydrogens is 358 g/mol. The summed E-state index contributed by atoms with van der Waals surface area (Å²) < 4.78 is 2.23. The molecule has 1 aliphatic heterocycles. The normalized spacial score (nSPS) is 17.2. The van der Waals surface area contributed by atoms with Gasteiger partial charge >= 0.3 is 0 Å². The lowest BCUT2D eigenvalue weighted by Crippen LogP contribution is -2.26. The maximum absolute atomic E-state index is 12.5. The Labute approximate surface area is 164 Å². The third kappa shape index (κ3) is 3.59. The molecule has 2 heterocycles. The number of para-hydroxylation sites is 2. The van der Waals surface area contributed by atoms with Gasteiger partial charge in [0.1, 0.15) is 5.82 Å². The molecule has 0 aliphatic carbocycles. The van der Waals surface area contributed by atoms with Crippen molar-refractivity contribution in [2.24, 2.45) is 0 Å². The van der Waals surface area contributed by atoms with Gasteiger partial charge in [-0.15, -0.1) is 0 Å². The predicted molar refractivity (Wildman–Crippen MR) is 109 cm³/mol. The first-order chi connectivity index (χ1) is 13.2. The molecule has 27 heavy (non-hydrogen) atoms. The van der Waals surface area contributed by atoms with Crippen molar-refractivity contribution in [2.45, 2.75) is 38.6 Å². The summed E-state index contributed by atoms with van der Waals surface area (Å²) in [7, 11) is 0. The van der Waals surface area contributed by atoms with E-state index in [2.05, 4.69) is 17.6 Å². The first-order valence-corrected chi connectivity index (χ1v) is 10.0. The summed E-state index contributed by atoms with van der Waals surface area (Å²) in [6.45, 7) is 4.41. The average Bonchev–Trinajstić information content (AvgIpc) is 3.22. The molecule has 0 N–H and O–H groups in total. The molecule has 1 aliphatic rings. The van der Waals surface area contributed by atoms with Crippen LogP contribution in [0, 0.1) is 0 Å². The number of amides is 1. The molecule has 4 nitrogen and oxygen atoms in total. The van der Waals surface area contributed by atoms with E-state index in [4.69, 9.17) is 16.6 Å². The van der Waals surface area contributed by atoms with Crippen LogP contribution in [0.5, 0.6) is 0 Å². The third-order valence-electron chi connectivity index (χ3n) is 5.33. The quantitative estimate of drug-likeness (QED) is 0.611. The number of rotatable bonds is 6. The van der Waals surface area contributed by atoms with Crippen LogP contribution in [0.25, 0.3) is 11.0 Å². The first kappa shape index (κ1) is 18.1. The zero-order chi connectivity index (χ0) is 18.8. The van der Waals surface area contributed by atoms with Crippen molar-refractivity contribution in [2.75, 3.05) is 13.1 Å². The molecule has 1 aromatic heterocycles. The van der Waals surface area contributed by atoms with E-state index in [0.717, 1.165) is 53.4 Å². The summed E-state index contributed by atoms with van der Waals surface area (Å²) in [5.74, 6) is 1.36. The Morgan fingerprint density at radius 1 is 1.15 bits per heavy atom. The van der Waals surface area contributed by atoms with Crippen LogP contribution in [0.2, 0.25) is 5.02 Å². The number of halogens is 1. The van der Waals surface area contributed by atoms with E-state index in [9.17, 15) is 4.79 Å². The molecule has 140 valence electrons. The lowest BCUT2D eigenvalue weighted by atomic mass is 10.1. The highest BCUT2D eigenvalue weighted by molar-refractivity contribution is 6.31. The molecule has 0 unspecified atom stereocenters. The van der Waals surface area contributed by atoms with Crippen molar-refractivity contribution in [3.63, 3.8) is 0 Å². The van der Waals surface area contributed by atoms with Crippen LogP contribution in [-0.4, -0.2) is 33.4 Å². The molecule has 3 aromatic rings. The number of fused-ring (bicyclic) bond motifs is 1. The van der Waals surface area contributed by atoms with Gasteiger partial charge in [0.05, 0.1) is 17.6 Å². The number of benzene rings is 2. The predicted octanol–water partition coefficient (Wildman–Crippen LogP) is 4.85. The lowest BCUT2D eigenvalue weighted by molar-refractivity contribution is -0.127. The molecule has 1 saturated heterocycles. The summed E-state index contributed by atoms with van der Waals surface area (Å²) >= 11 is 6.41. The van der Waals surface area contributed by atoms with Crippen molar-refractivity contribution in [3.05, 3.63) is 64.9 Å². The molecule has 0 spiro atoms. The number of unbranched alkanes of at least 4 members (excludes halogenated alkanes) is 1. The van der Waals surface area contributed by atoms with Gasteiger partial charge in [0.15, 0.2) is 0 Å². The minimum Gasteiger partial charge on any atom is -0.342 e. The van der Waals surface area contributed by atoms with Crippen molar-refractivity contribution in [1.29, 1.82) is 0 Å². The first-order valence-electron chi connectivity index (χ1n) is 9.63. The molecule has 1 amide bonds. The highest BCUT2D eigenvalue weighted by atomic mass is 35.5. The number of carbonyl (C=O) groups excluding carboxylic acids is 1. The van der Waals surface area contributed by atoms with Gasteiger partial charge in [-0.25, -0.2) is 4.98 Å². The van der Waals surface area contributed by atoms with Gasteiger partial charge in [0.25, 0.3) is 0 Å². The Morgan fingerprint density at radius 2 is 1.93 bits per heavy atom. The van der Waals surface area contributed by atoms with Gasteiger partial charge in [-0.3, -0.25) is 4.79 Å². The van der Waals surface area contributed by atoms with Crippen molar-refractivity contribution < 1.29 is 4.79 Å². The average molecular weight is 382 g/mol.